The van der Waals surface area contributed by atoms with Gasteiger partial charge >= 0.3 is 0 Å². The first kappa shape index (κ1) is 18.3. The summed E-state index contributed by atoms with van der Waals surface area (Å²) in [4.78, 5) is 11.3. The van der Waals surface area contributed by atoms with Crippen molar-refractivity contribution in [2.24, 2.45) is 0 Å². The predicted molar refractivity (Wildman–Crippen MR) is 104 cm³/mol. The van der Waals surface area contributed by atoms with Gasteiger partial charge in [0, 0.05) is 50.7 Å². The highest BCUT2D eigenvalue weighted by Gasteiger charge is 2.43. The van der Waals surface area contributed by atoms with Crippen molar-refractivity contribution in [3.63, 3.8) is 0 Å². The van der Waals surface area contributed by atoms with Gasteiger partial charge in [-0.3, -0.25) is 4.90 Å². The van der Waals surface area contributed by atoms with Gasteiger partial charge in [-0.25, -0.2) is 9.97 Å². The first-order valence-corrected chi connectivity index (χ1v) is 9.87. The Morgan fingerprint density at radius 1 is 1.11 bits per heavy atom. The van der Waals surface area contributed by atoms with Crippen LogP contribution in [0, 0.1) is 0 Å². The summed E-state index contributed by atoms with van der Waals surface area (Å²) in [6, 6.07) is 10.2. The van der Waals surface area contributed by atoms with Crippen LogP contribution in [0.15, 0.2) is 42.7 Å². The Labute approximate surface area is 160 Å². The van der Waals surface area contributed by atoms with Crippen LogP contribution in [0.4, 0.5) is 5.95 Å². The fraction of sp³-hybridized carbons (Fsp3) is 0.524. The molecular weight excluding hydrogens is 340 g/mol. The number of aromatic nitrogens is 2. The zero-order chi connectivity index (χ0) is 18.5. The Morgan fingerprint density at radius 3 is 2.56 bits per heavy atom. The van der Waals surface area contributed by atoms with E-state index in [0.29, 0.717) is 5.95 Å². The summed E-state index contributed by atoms with van der Waals surface area (Å²) in [5.41, 5.74) is 2.01. The molecule has 2 N–H and O–H groups in total. The summed E-state index contributed by atoms with van der Waals surface area (Å²) in [5.74, 6) is 0.652. The minimum absolute atomic E-state index is 0.309. The molecule has 2 fully saturated rings. The number of nitrogens with zero attached hydrogens (tertiary/aromatic N) is 3. The molecule has 2 aromatic rings. The minimum Gasteiger partial charge on any atom is -0.390 e. The molecule has 1 atom stereocenters. The first-order valence-electron chi connectivity index (χ1n) is 9.87. The maximum Gasteiger partial charge on any atom is 0.222 e. The zero-order valence-corrected chi connectivity index (χ0v) is 15.7. The lowest BCUT2D eigenvalue weighted by Crippen LogP contribution is -2.55. The third kappa shape index (κ3) is 4.46. The van der Waals surface area contributed by atoms with E-state index in [1.54, 1.807) is 0 Å². The summed E-state index contributed by atoms with van der Waals surface area (Å²) >= 11 is 0. The SMILES string of the molecule is O[C@@H]1CCCOC12CCN(Cc1cnc(NCc3ccccc3)nc1)CC2. The molecule has 0 unspecified atom stereocenters. The molecule has 2 aliphatic heterocycles. The highest BCUT2D eigenvalue weighted by Crippen LogP contribution is 2.35. The van der Waals surface area contributed by atoms with Crippen LogP contribution in [0.3, 0.4) is 0 Å². The number of nitrogens with one attached hydrogen (secondary N) is 1. The minimum atomic E-state index is -0.313. The van der Waals surface area contributed by atoms with Crippen LogP contribution in [-0.4, -0.2) is 51.4 Å². The van der Waals surface area contributed by atoms with E-state index in [2.05, 4.69) is 32.3 Å². The molecular formula is C21H28N4O2. The smallest absolute Gasteiger partial charge is 0.222 e. The average Bonchev–Trinajstić information content (AvgIpc) is 2.72. The molecule has 0 radical (unpaired) electrons. The summed E-state index contributed by atoms with van der Waals surface area (Å²) in [6.45, 7) is 4.21. The van der Waals surface area contributed by atoms with E-state index in [-0.39, 0.29) is 11.7 Å². The second kappa shape index (κ2) is 8.33. The second-order valence-electron chi connectivity index (χ2n) is 7.60. The van der Waals surface area contributed by atoms with Crippen molar-refractivity contribution >= 4 is 5.95 Å². The van der Waals surface area contributed by atoms with E-state index in [0.717, 1.165) is 64.0 Å². The third-order valence-electron chi connectivity index (χ3n) is 5.73. The fourth-order valence-electron chi connectivity index (χ4n) is 4.04. The van der Waals surface area contributed by atoms with Gasteiger partial charge in [0.2, 0.25) is 5.95 Å². The Bertz CT molecular complexity index is 715. The van der Waals surface area contributed by atoms with E-state index < -0.39 is 0 Å². The molecule has 0 saturated carbocycles. The molecule has 27 heavy (non-hydrogen) atoms. The number of ether oxygens (including phenoxy) is 1. The Kier molecular flexibility index (Phi) is 5.66. The number of aliphatic hydroxyl groups excluding tert-OH is 1. The summed E-state index contributed by atoms with van der Waals surface area (Å²) in [7, 11) is 0. The van der Waals surface area contributed by atoms with Gasteiger partial charge in [-0.1, -0.05) is 30.3 Å². The monoisotopic (exact) mass is 368 g/mol. The van der Waals surface area contributed by atoms with Gasteiger partial charge in [0.15, 0.2) is 0 Å². The highest BCUT2D eigenvalue weighted by molar-refractivity contribution is 5.27. The van der Waals surface area contributed by atoms with Crippen LogP contribution < -0.4 is 5.32 Å². The van der Waals surface area contributed by atoms with Gasteiger partial charge < -0.3 is 15.2 Å². The first-order chi connectivity index (χ1) is 13.2. The van der Waals surface area contributed by atoms with Crippen LogP contribution >= 0.6 is 0 Å². The van der Waals surface area contributed by atoms with Crippen molar-refractivity contribution in [2.45, 2.75) is 50.5 Å². The molecule has 0 amide bonds. The largest absolute Gasteiger partial charge is 0.390 e. The van der Waals surface area contributed by atoms with Crippen molar-refractivity contribution < 1.29 is 9.84 Å². The molecule has 144 valence electrons. The molecule has 0 aliphatic carbocycles. The predicted octanol–water partition coefficient (Wildman–Crippen LogP) is 2.59. The summed E-state index contributed by atoms with van der Waals surface area (Å²) < 4.78 is 5.99. The number of rotatable bonds is 5. The maximum atomic E-state index is 10.4. The van der Waals surface area contributed by atoms with Crippen molar-refractivity contribution in [3.8, 4) is 0 Å². The fourth-order valence-corrected chi connectivity index (χ4v) is 4.04. The molecule has 6 heteroatoms. The summed E-state index contributed by atoms with van der Waals surface area (Å²) in [6.07, 6.45) is 7.11. The van der Waals surface area contributed by atoms with E-state index in [4.69, 9.17) is 4.74 Å². The average molecular weight is 368 g/mol. The standard InChI is InChI=1S/C21H28N4O2/c26-19-7-4-12-27-21(19)8-10-25(11-9-21)16-18-14-23-20(24-15-18)22-13-17-5-2-1-3-6-17/h1-3,5-6,14-15,19,26H,4,7-13,16H2,(H,22,23,24)/t19-/m1/s1. The van der Waals surface area contributed by atoms with E-state index in [1.807, 2.05) is 30.6 Å². The van der Waals surface area contributed by atoms with Crippen LogP contribution in [0.25, 0.3) is 0 Å². The lowest BCUT2D eigenvalue weighted by atomic mass is 9.82. The van der Waals surface area contributed by atoms with Crippen LogP contribution in [0.1, 0.15) is 36.8 Å². The van der Waals surface area contributed by atoms with E-state index in [9.17, 15) is 5.11 Å². The molecule has 4 rings (SSSR count). The zero-order valence-electron chi connectivity index (χ0n) is 15.7. The van der Waals surface area contributed by atoms with Gasteiger partial charge in [0.25, 0.3) is 0 Å². The Hall–Kier alpha value is -2.02. The number of likely N-dealkylation sites (tertiary alicyclic amines) is 1. The van der Waals surface area contributed by atoms with Crippen molar-refractivity contribution in [1.82, 2.24) is 14.9 Å². The lowest BCUT2D eigenvalue weighted by Gasteiger charge is -2.46. The van der Waals surface area contributed by atoms with E-state index >= 15 is 0 Å². The normalized spacial score (nSPS) is 22.6. The van der Waals surface area contributed by atoms with Crippen molar-refractivity contribution in [1.29, 1.82) is 0 Å². The van der Waals surface area contributed by atoms with Crippen LogP contribution in [0.5, 0.6) is 0 Å². The number of anilines is 1. The van der Waals surface area contributed by atoms with Gasteiger partial charge in [-0.05, 0) is 31.2 Å². The van der Waals surface area contributed by atoms with Gasteiger partial charge in [0.05, 0.1) is 11.7 Å². The number of hydrogen-bond donors (Lipinski definition) is 2. The highest BCUT2D eigenvalue weighted by atomic mass is 16.5. The Morgan fingerprint density at radius 2 is 1.85 bits per heavy atom. The number of benzene rings is 1. The molecule has 0 bridgehead atoms. The van der Waals surface area contributed by atoms with Crippen molar-refractivity contribution in [3.05, 3.63) is 53.9 Å². The molecule has 2 aliphatic rings. The molecule has 1 spiro atoms. The molecule has 1 aromatic heterocycles. The topological polar surface area (TPSA) is 70.5 Å². The van der Waals surface area contributed by atoms with Gasteiger partial charge in [-0.15, -0.1) is 0 Å². The molecule has 3 heterocycles. The Balaban J connectivity index is 1.27. The number of piperidine rings is 1. The number of aliphatic hydroxyl groups is 1. The third-order valence-corrected chi connectivity index (χ3v) is 5.73. The maximum absolute atomic E-state index is 10.4. The van der Waals surface area contributed by atoms with Crippen LogP contribution in [-0.2, 0) is 17.8 Å². The molecule has 6 nitrogen and oxygen atoms in total. The summed E-state index contributed by atoms with van der Waals surface area (Å²) in [5, 5.41) is 13.6. The van der Waals surface area contributed by atoms with Crippen LogP contribution in [0.2, 0.25) is 0 Å². The number of hydrogen-bond acceptors (Lipinski definition) is 6. The van der Waals surface area contributed by atoms with Gasteiger partial charge in [-0.2, -0.15) is 0 Å². The van der Waals surface area contributed by atoms with Crippen molar-refractivity contribution in [2.75, 3.05) is 25.0 Å². The second-order valence-corrected chi connectivity index (χ2v) is 7.60. The van der Waals surface area contributed by atoms with E-state index in [1.165, 1.54) is 5.56 Å². The molecule has 2 saturated heterocycles. The molecule has 1 aromatic carbocycles. The van der Waals surface area contributed by atoms with Gasteiger partial charge in [0.1, 0.15) is 0 Å². The lowest BCUT2D eigenvalue weighted by molar-refractivity contribution is -0.177. The quantitative estimate of drug-likeness (QED) is 0.845.